The predicted octanol–water partition coefficient (Wildman–Crippen LogP) is 2.61. The fraction of sp³-hybridized carbons (Fsp3) is 0.333. The fourth-order valence-electron chi connectivity index (χ4n) is 1.21. The van der Waals surface area contributed by atoms with Crippen LogP contribution in [0.5, 0.6) is 0 Å². The van der Waals surface area contributed by atoms with E-state index in [2.05, 4.69) is 0 Å². The summed E-state index contributed by atoms with van der Waals surface area (Å²) in [4.78, 5) is 0. The maximum atomic E-state index is 9.36. The summed E-state index contributed by atoms with van der Waals surface area (Å²) in [6.45, 7) is 3.68. The SMILES string of the molecule is CC1=CC(=CO)CC(C)=C1O. The molecular formula is C9H12O2. The summed E-state index contributed by atoms with van der Waals surface area (Å²) >= 11 is 0. The summed E-state index contributed by atoms with van der Waals surface area (Å²) in [7, 11) is 0. The second-order valence-corrected chi connectivity index (χ2v) is 2.84. The fourth-order valence-corrected chi connectivity index (χ4v) is 1.21. The van der Waals surface area contributed by atoms with Crippen LogP contribution in [0.25, 0.3) is 0 Å². The van der Waals surface area contributed by atoms with Crippen molar-refractivity contribution < 1.29 is 10.2 Å². The number of aliphatic hydroxyl groups excluding tert-OH is 2. The van der Waals surface area contributed by atoms with Crippen molar-refractivity contribution in [2.75, 3.05) is 0 Å². The summed E-state index contributed by atoms with van der Waals surface area (Å²) in [5, 5.41) is 18.1. The lowest BCUT2D eigenvalue weighted by Crippen LogP contribution is -1.98. The van der Waals surface area contributed by atoms with Crippen molar-refractivity contribution in [3.63, 3.8) is 0 Å². The molecule has 1 aliphatic rings. The Bertz CT molecular complexity index is 257. The van der Waals surface area contributed by atoms with Gasteiger partial charge in [0.05, 0.1) is 6.26 Å². The van der Waals surface area contributed by atoms with E-state index in [0.717, 1.165) is 23.0 Å². The monoisotopic (exact) mass is 152 g/mol. The highest BCUT2D eigenvalue weighted by atomic mass is 16.3. The van der Waals surface area contributed by atoms with Crippen molar-refractivity contribution in [2.45, 2.75) is 20.3 Å². The van der Waals surface area contributed by atoms with Crippen molar-refractivity contribution in [1.29, 1.82) is 0 Å². The van der Waals surface area contributed by atoms with Gasteiger partial charge in [-0.3, -0.25) is 0 Å². The van der Waals surface area contributed by atoms with Crippen LogP contribution >= 0.6 is 0 Å². The van der Waals surface area contributed by atoms with Gasteiger partial charge in [-0.2, -0.15) is 0 Å². The smallest absolute Gasteiger partial charge is 0.117 e. The maximum Gasteiger partial charge on any atom is 0.117 e. The minimum Gasteiger partial charge on any atom is -0.515 e. The van der Waals surface area contributed by atoms with Crippen LogP contribution in [0.2, 0.25) is 0 Å². The first kappa shape index (κ1) is 7.92. The summed E-state index contributed by atoms with van der Waals surface area (Å²) in [5.74, 6) is 0.357. The minimum atomic E-state index is 0.357. The molecule has 2 N–H and O–H groups in total. The molecule has 0 saturated heterocycles. The average molecular weight is 152 g/mol. The van der Waals surface area contributed by atoms with E-state index in [-0.39, 0.29) is 0 Å². The molecule has 0 aliphatic heterocycles. The highest BCUT2D eigenvalue weighted by Gasteiger charge is 2.10. The third-order valence-electron chi connectivity index (χ3n) is 1.81. The molecule has 0 saturated carbocycles. The first-order valence-electron chi connectivity index (χ1n) is 3.55. The largest absolute Gasteiger partial charge is 0.515 e. The molecule has 0 aromatic rings. The molecule has 60 valence electrons. The van der Waals surface area contributed by atoms with E-state index in [1.54, 1.807) is 6.08 Å². The van der Waals surface area contributed by atoms with Gasteiger partial charge in [-0.1, -0.05) is 0 Å². The van der Waals surface area contributed by atoms with E-state index in [4.69, 9.17) is 5.11 Å². The van der Waals surface area contributed by atoms with Crippen LogP contribution in [0.15, 0.2) is 34.8 Å². The second-order valence-electron chi connectivity index (χ2n) is 2.84. The zero-order valence-electron chi connectivity index (χ0n) is 6.76. The Morgan fingerprint density at radius 2 is 2.09 bits per heavy atom. The Balaban J connectivity index is 3.01. The lowest BCUT2D eigenvalue weighted by Gasteiger charge is -2.13. The zero-order valence-corrected chi connectivity index (χ0v) is 6.76. The molecule has 0 heterocycles. The first-order valence-corrected chi connectivity index (χ1v) is 3.55. The van der Waals surface area contributed by atoms with Crippen LogP contribution in [0.4, 0.5) is 0 Å². The van der Waals surface area contributed by atoms with E-state index in [9.17, 15) is 5.11 Å². The van der Waals surface area contributed by atoms with E-state index in [1.165, 1.54) is 0 Å². The lowest BCUT2D eigenvalue weighted by atomic mass is 9.96. The van der Waals surface area contributed by atoms with Crippen LogP contribution in [0, 0.1) is 0 Å². The topological polar surface area (TPSA) is 40.5 Å². The molecule has 0 radical (unpaired) electrons. The molecular weight excluding hydrogens is 140 g/mol. The summed E-state index contributed by atoms with van der Waals surface area (Å²) in [6.07, 6.45) is 3.50. The van der Waals surface area contributed by atoms with Crippen LogP contribution < -0.4 is 0 Å². The minimum absolute atomic E-state index is 0.357. The molecule has 0 atom stereocenters. The van der Waals surface area contributed by atoms with Crippen molar-refractivity contribution in [3.05, 3.63) is 34.8 Å². The molecule has 0 aromatic carbocycles. The van der Waals surface area contributed by atoms with Crippen LogP contribution in [-0.4, -0.2) is 10.2 Å². The molecule has 0 bridgehead atoms. The number of rotatable bonds is 0. The highest BCUT2D eigenvalue weighted by molar-refractivity contribution is 5.41. The molecule has 0 aromatic heterocycles. The van der Waals surface area contributed by atoms with Gasteiger partial charge in [-0.15, -0.1) is 0 Å². The number of allylic oxidation sites excluding steroid dienone is 4. The first-order chi connectivity index (χ1) is 5.15. The van der Waals surface area contributed by atoms with E-state index in [1.807, 2.05) is 13.8 Å². The Hall–Kier alpha value is -1.18. The summed E-state index contributed by atoms with van der Waals surface area (Å²) in [5.41, 5.74) is 2.57. The Labute approximate surface area is 66.2 Å². The number of hydrogen-bond acceptors (Lipinski definition) is 2. The zero-order chi connectivity index (χ0) is 8.43. The van der Waals surface area contributed by atoms with Gasteiger partial charge in [0, 0.05) is 6.42 Å². The highest BCUT2D eigenvalue weighted by Crippen LogP contribution is 2.25. The van der Waals surface area contributed by atoms with Crippen molar-refractivity contribution >= 4 is 0 Å². The third kappa shape index (κ3) is 1.45. The predicted molar refractivity (Wildman–Crippen MR) is 44.4 cm³/mol. The standard InChI is InChI=1S/C9H12O2/c1-6-3-8(5-10)4-7(2)9(6)11/h3,5,10-11H,4H2,1-2H3. The number of hydrogen-bond donors (Lipinski definition) is 2. The van der Waals surface area contributed by atoms with Gasteiger partial charge in [0.2, 0.25) is 0 Å². The molecule has 0 unspecified atom stereocenters. The van der Waals surface area contributed by atoms with Gasteiger partial charge in [0.1, 0.15) is 5.76 Å². The Morgan fingerprint density at radius 3 is 2.55 bits per heavy atom. The molecule has 11 heavy (non-hydrogen) atoms. The van der Waals surface area contributed by atoms with E-state index >= 15 is 0 Å². The maximum absolute atomic E-state index is 9.36. The molecule has 0 fully saturated rings. The van der Waals surface area contributed by atoms with Crippen molar-refractivity contribution in [1.82, 2.24) is 0 Å². The van der Waals surface area contributed by atoms with Crippen LogP contribution in [0.1, 0.15) is 20.3 Å². The summed E-state index contributed by atoms with van der Waals surface area (Å²) < 4.78 is 0. The van der Waals surface area contributed by atoms with Gasteiger partial charge >= 0.3 is 0 Å². The van der Waals surface area contributed by atoms with Crippen molar-refractivity contribution in [2.24, 2.45) is 0 Å². The quantitative estimate of drug-likeness (QED) is 0.524. The Kier molecular flexibility index (Phi) is 2.03. The Morgan fingerprint density at radius 1 is 1.45 bits per heavy atom. The molecule has 2 heteroatoms. The molecule has 0 amide bonds. The van der Waals surface area contributed by atoms with Gasteiger partial charge < -0.3 is 10.2 Å². The molecule has 2 nitrogen and oxygen atoms in total. The van der Waals surface area contributed by atoms with Gasteiger partial charge in [-0.05, 0) is 36.6 Å². The second kappa shape index (κ2) is 2.82. The van der Waals surface area contributed by atoms with Gasteiger partial charge in [0.25, 0.3) is 0 Å². The third-order valence-corrected chi connectivity index (χ3v) is 1.81. The van der Waals surface area contributed by atoms with E-state index in [0.29, 0.717) is 12.2 Å². The molecule has 0 spiro atoms. The normalized spacial score (nSPS) is 22.4. The van der Waals surface area contributed by atoms with Crippen LogP contribution in [0.3, 0.4) is 0 Å². The summed E-state index contributed by atoms with van der Waals surface area (Å²) in [6, 6.07) is 0. The van der Waals surface area contributed by atoms with Gasteiger partial charge in [-0.25, -0.2) is 0 Å². The number of aliphatic hydroxyl groups is 2. The average Bonchev–Trinajstić information content (AvgIpc) is 1.99. The van der Waals surface area contributed by atoms with Crippen LogP contribution in [-0.2, 0) is 0 Å². The lowest BCUT2D eigenvalue weighted by molar-refractivity contribution is 0.411. The van der Waals surface area contributed by atoms with Gasteiger partial charge in [0.15, 0.2) is 0 Å². The molecule has 1 rings (SSSR count). The molecule has 1 aliphatic carbocycles. The van der Waals surface area contributed by atoms with E-state index < -0.39 is 0 Å². The van der Waals surface area contributed by atoms with Crippen molar-refractivity contribution in [3.8, 4) is 0 Å².